The molecule has 0 amide bonds. The summed E-state index contributed by atoms with van der Waals surface area (Å²) in [7, 11) is -1.06. The molecule has 0 bridgehead atoms. The molecule has 0 radical (unpaired) electrons. The van der Waals surface area contributed by atoms with Crippen LogP contribution in [0.4, 0.5) is 0 Å². The molecular weight excluding hydrogens is 465 g/mol. The fraction of sp³-hybridized carbons (Fsp3) is 0.267. The van der Waals surface area contributed by atoms with Crippen LogP contribution in [0.5, 0.6) is 0 Å². The quantitative estimate of drug-likeness (QED) is 0.265. The summed E-state index contributed by atoms with van der Waals surface area (Å²) in [6.07, 6.45) is 8.26. The highest BCUT2D eigenvalue weighted by Crippen LogP contribution is 2.45. The molecule has 1 atom stereocenters. The molecule has 36 heavy (non-hydrogen) atoms. The zero-order valence-electron chi connectivity index (χ0n) is 21.5. The minimum atomic E-state index is -1.06. The molecule has 1 unspecified atom stereocenters. The molecule has 0 saturated heterocycles. The van der Waals surface area contributed by atoms with Crippen molar-refractivity contribution in [2.75, 3.05) is 0 Å². The average Bonchev–Trinajstić information content (AvgIpc) is 3.16. The van der Waals surface area contributed by atoms with Gasteiger partial charge in [0.05, 0.1) is 5.31 Å². The molecule has 1 aliphatic carbocycles. The Morgan fingerprint density at radius 2 is 1.39 bits per heavy atom. The lowest BCUT2D eigenvalue weighted by Gasteiger charge is -2.19. The summed E-state index contributed by atoms with van der Waals surface area (Å²) < 4.78 is 16.9. The molecule has 0 N–H and O–H groups in total. The van der Waals surface area contributed by atoms with E-state index >= 15 is 0 Å². The second kappa shape index (κ2) is 9.09. The Hall–Kier alpha value is -3.65. The van der Waals surface area contributed by atoms with Gasteiger partial charge in [-0.25, -0.2) is 0 Å². The average molecular weight is 496 g/mol. The number of hydrogen-bond donors (Lipinski definition) is 0. The summed E-state index contributed by atoms with van der Waals surface area (Å²) in [6, 6.07) is 16.1. The van der Waals surface area contributed by atoms with Crippen molar-refractivity contribution < 1.29 is 8.61 Å². The lowest BCUT2D eigenvalue weighted by Crippen LogP contribution is -2.10. The highest BCUT2D eigenvalue weighted by Gasteiger charge is 2.19. The van der Waals surface area contributed by atoms with Crippen LogP contribution in [-0.4, -0.2) is 14.9 Å². The third-order valence-corrected chi connectivity index (χ3v) is 7.52. The van der Waals surface area contributed by atoms with E-state index in [0.717, 1.165) is 22.0 Å². The van der Waals surface area contributed by atoms with Crippen LogP contribution >= 0.6 is 7.93 Å². The van der Waals surface area contributed by atoms with Crippen molar-refractivity contribution in [1.29, 1.82) is 0 Å². The number of rotatable bonds is 4. The molecule has 1 aliphatic rings. The largest absolute Gasteiger partial charge is 0.416 e. The summed E-state index contributed by atoms with van der Waals surface area (Å²) in [5.41, 5.74) is 8.62. The Kier molecular flexibility index (Phi) is 6.08. The molecule has 2 aromatic carbocycles. The van der Waals surface area contributed by atoms with Gasteiger partial charge < -0.3 is 8.61 Å². The smallest absolute Gasteiger partial charge is 0.248 e. The number of benzene rings is 2. The molecule has 0 saturated carbocycles. The predicted octanol–water partition coefficient (Wildman–Crippen LogP) is 8.88. The van der Waals surface area contributed by atoms with Crippen molar-refractivity contribution in [2.24, 2.45) is 5.41 Å². The van der Waals surface area contributed by atoms with Crippen LogP contribution in [0.3, 0.4) is 0 Å². The summed E-state index contributed by atoms with van der Waals surface area (Å²) >= 11 is 0. The van der Waals surface area contributed by atoms with Crippen LogP contribution < -0.4 is 0 Å². The van der Waals surface area contributed by atoms with E-state index in [0.29, 0.717) is 17.7 Å². The van der Waals surface area contributed by atoms with Gasteiger partial charge in [0.2, 0.25) is 17.7 Å². The first-order valence-corrected chi connectivity index (χ1v) is 13.3. The van der Waals surface area contributed by atoms with Crippen LogP contribution in [-0.2, 0) is 5.41 Å². The van der Waals surface area contributed by atoms with Gasteiger partial charge in [0, 0.05) is 16.7 Å². The third kappa shape index (κ3) is 4.99. The second-order valence-electron chi connectivity index (χ2n) is 11.0. The first kappa shape index (κ1) is 24.1. The Balaban J connectivity index is 1.33. The molecule has 4 aromatic rings. The molecule has 6 heteroatoms. The van der Waals surface area contributed by atoms with Gasteiger partial charge in [-0.2, -0.15) is 4.75 Å². The van der Waals surface area contributed by atoms with Crippen LogP contribution in [0.15, 0.2) is 92.8 Å². The predicted molar refractivity (Wildman–Crippen MR) is 147 cm³/mol. The highest BCUT2D eigenvalue weighted by atomic mass is 31.1. The van der Waals surface area contributed by atoms with Gasteiger partial charge in [-0.3, -0.25) is 0 Å². The molecule has 0 fully saturated rings. The lowest BCUT2D eigenvalue weighted by atomic mass is 9.86. The van der Waals surface area contributed by atoms with Gasteiger partial charge in [0.25, 0.3) is 0 Å². The number of hydrogen-bond acceptors (Lipinski definition) is 5. The zero-order chi connectivity index (χ0) is 25.5. The number of nitrogens with zero attached hydrogens (tertiary/aromatic N) is 3. The minimum absolute atomic E-state index is 0.0806. The normalized spacial score (nSPS) is 14.6. The summed E-state index contributed by atoms with van der Waals surface area (Å²) in [4.78, 5) is 0. The van der Waals surface area contributed by atoms with Crippen LogP contribution in [0.1, 0.15) is 47.1 Å². The number of aromatic nitrogens is 3. The van der Waals surface area contributed by atoms with E-state index in [1.807, 2.05) is 42.5 Å². The highest BCUT2D eigenvalue weighted by molar-refractivity contribution is 7.52. The maximum Gasteiger partial charge on any atom is 0.248 e. The fourth-order valence-electron chi connectivity index (χ4n) is 3.85. The Morgan fingerprint density at radius 1 is 0.750 bits per heavy atom. The van der Waals surface area contributed by atoms with Crippen molar-refractivity contribution >= 4 is 13.2 Å². The third-order valence-electron chi connectivity index (χ3n) is 6.12. The van der Waals surface area contributed by atoms with Crippen LogP contribution in [0, 0.1) is 5.41 Å². The monoisotopic (exact) mass is 495 g/mol. The zero-order valence-corrected chi connectivity index (χ0v) is 22.4. The second-order valence-corrected chi connectivity index (χ2v) is 12.4. The summed E-state index contributed by atoms with van der Waals surface area (Å²) in [5.74, 6) is 1.59. The van der Waals surface area contributed by atoms with Gasteiger partial charge in [-0.1, -0.05) is 71.9 Å². The van der Waals surface area contributed by atoms with Gasteiger partial charge >= 0.3 is 0 Å². The maximum atomic E-state index is 6.10. The van der Waals surface area contributed by atoms with Gasteiger partial charge in [-0.15, -0.1) is 15.9 Å². The van der Waals surface area contributed by atoms with Gasteiger partial charge in [-0.05, 0) is 64.5 Å². The molecule has 182 valence electrons. The van der Waals surface area contributed by atoms with E-state index in [4.69, 9.17) is 13.4 Å². The fourth-order valence-corrected chi connectivity index (χ4v) is 5.00. The Bertz CT molecular complexity index is 1510. The van der Waals surface area contributed by atoms with E-state index in [1.165, 1.54) is 11.1 Å². The standard InChI is InChI=1S/C30H30N3O2P/c1-29(2,3)23-11-8-12-25(18-17-23)36-33-28(35-36)22-10-7-9-21(19-22)27-32-31-26(34-27)20-13-15-24(16-14-20)30(4,5)6/h7-11,13-19H,1-6H3. The minimum Gasteiger partial charge on any atom is -0.416 e. The number of allylic oxidation sites excluding steroid dienone is 5. The Morgan fingerprint density at radius 3 is 2.03 bits per heavy atom. The Labute approximate surface area is 213 Å². The van der Waals surface area contributed by atoms with E-state index in [-0.39, 0.29) is 10.8 Å². The van der Waals surface area contributed by atoms with Crippen molar-refractivity contribution in [3.05, 3.63) is 89.7 Å². The van der Waals surface area contributed by atoms with Crippen LogP contribution in [0.2, 0.25) is 0 Å². The van der Waals surface area contributed by atoms with Crippen molar-refractivity contribution in [2.45, 2.75) is 47.0 Å². The van der Waals surface area contributed by atoms with Crippen LogP contribution in [0.25, 0.3) is 39.7 Å². The van der Waals surface area contributed by atoms with Crippen molar-refractivity contribution in [3.8, 4) is 34.4 Å². The van der Waals surface area contributed by atoms with Crippen molar-refractivity contribution in [3.63, 3.8) is 0 Å². The van der Waals surface area contributed by atoms with Gasteiger partial charge in [0.1, 0.15) is 0 Å². The van der Waals surface area contributed by atoms with E-state index < -0.39 is 7.93 Å². The molecule has 2 aromatic heterocycles. The molecule has 0 spiro atoms. The SMILES string of the molecule is CC(C)(C)C1=CC=C=C(p2nc(-c3cccc(-c4nnc(-c5ccc(C(C)(C)C)cc5)o4)c3)o2)C=C1. The van der Waals surface area contributed by atoms with E-state index in [1.54, 1.807) is 0 Å². The topological polar surface area (TPSA) is 65.0 Å². The van der Waals surface area contributed by atoms with Crippen molar-refractivity contribution in [1.82, 2.24) is 14.9 Å². The lowest BCUT2D eigenvalue weighted by molar-refractivity contribution is 0.517. The summed E-state index contributed by atoms with van der Waals surface area (Å²) in [5, 5.41) is 9.52. The van der Waals surface area contributed by atoms with E-state index in [9.17, 15) is 0 Å². The maximum absolute atomic E-state index is 6.10. The first-order chi connectivity index (χ1) is 17.1. The summed E-state index contributed by atoms with van der Waals surface area (Å²) in [6.45, 7) is 13.2. The molecule has 0 aliphatic heterocycles. The molecular formula is C30H30N3O2P. The van der Waals surface area contributed by atoms with E-state index in [2.05, 4.69) is 87.8 Å². The molecule has 5 nitrogen and oxygen atoms in total. The first-order valence-electron chi connectivity index (χ1n) is 12.1. The molecule has 2 heterocycles. The molecule has 5 rings (SSSR count). The van der Waals surface area contributed by atoms with Gasteiger partial charge in [0.15, 0.2) is 7.93 Å².